The molecule has 1 fully saturated rings. The number of carbonyl (C=O) groups is 1. The van der Waals surface area contributed by atoms with Crippen LogP contribution in [0.15, 0.2) is 30.6 Å². The van der Waals surface area contributed by atoms with E-state index < -0.39 is 6.09 Å². The normalized spacial score (nSPS) is 17.0. The first kappa shape index (κ1) is 17.7. The topological polar surface area (TPSA) is 117 Å². The number of hydrogen-bond donors (Lipinski definition) is 1. The van der Waals surface area contributed by atoms with Gasteiger partial charge in [-0.05, 0) is 18.2 Å². The molecule has 0 unspecified atom stereocenters. The monoisotopic (exact) mass is 396 g/mol. The van der Waals surface area contributed by atoms with Crippen LogP contribution < -0.4 is 15.4 Å². The third kappa shape index (κ3) is 3.42. The first-order chi connectivity index (χ1) is 14.2. The summed E-state index contributed by atoms with van der Waals surface area (Å²) < 4.78 is 18.2. The summed E-state index contributed by atoms with van der Waals surface area (Å²) in [6, 6.07) is 5.49. The highest BCUT2D eigenvalue weighted by atomic mass is 16.6. The number of fused-ring (bicyclic) bond motifs is 2. The Morgan fingerprint density at radius 1 is 1.24 bits per heavy atom. The van der Waals surface area contributed by atoms with Gasteiger partial charge < -0.3 is 19.9 Å². The second-order valence-electron chi connectivity index (χ2n) is 6.93. The zero-order valence-electron chi connectivity index (χ0n) is 15.7. The number of nitrogens with two attached hydrogens (primary N) is 1. The van der Waals surface area contributed by atoms with Crippen LogP contribution in [0.1, 0.15) is 12.8 Å². The molecule has 5 heterocycles. The van der Waals surface area contributed by atoms with E-state index in [4.69, 9.17) is 19.9 Å². The molecule has 0 atom stereocenters. The summed E-state index contributed by atoms with van der Waals surface area (Å²) in [7, 11) is 0. The van der Waals surface area contributed by atoms with E-state index in [1.165, 1.54) is 0 Å². The Kier molecular flexibility index (Phi) is 4.39. The van der Waals surface area contributed by atoms with E-state index in [-0.39, 0.29) is 6.10 Å². The molecule has 0 aromatic carbocycles. The number of rotatable bonds is 2. The molecule has 5 rings (SSSR count). The quantitative estimate of drug-likeness (QED) is 0.698. The van der Waals surface area contributed by atoms with Gasteiger partial charge in [-0.25, -0.2) is 19.3 Å². The second-order valence-corrected chi connectivity index (χ2v) is 6.93. The molecule has 3 aromatic heterocycles. The summed E-state index contributed by atoms with van der Waals surface area (Å²) in [4.78, 5) is 22.9. The van der Waals surface area contributed by atoms with E-state index in [2.05, 4.69) is 15.1 Å². The van der Waals surface area contributed by atoms with Crippen molar-refractivity contribution in [2.24, 2.45) is 0 Å². The van der Waals surface area contributed by atoms with Crippen LogP contribution in [-0.4, -0.2) is 58.1 Å². The fraction of sp³-hybridized carbons (Fsp3) is 0.368. The van der Waals surface area contributed by atoms with Crippen molar-refractivity contribution in [2.75, 3.05) is 37.0 Å². The minimum Gasteiger partial charge on any atom is -0.474 e. The SMILES string of the molecule is Nc1cn2nc(-c3cnc4c(c3)N(C(=O)OC3CCOCC3)CCO4)ccc2n1. The van der Waals surface area contributed by atoms with Crippen molar-refractivity contribution in [3.05, 3.63) is 30.6 Å². The number of anilines is 2. The van der Waals surface area contributed by atoms with Crippen LogP contribution in [0.2, 0.25) is 0 Å². The number of aromatic nitrogens is 4. The van der Waals surface area contributed by atoms with Gasteiger partial charge in [0.15, 0.2) is 5.65 Å². The zero-order chi connectivity index (χ0) is 19.8. The maximum Gasteiger partial charge on any atom is 0.414 e. The zero-order valence-corrected chi connectivity index (χ0v) is 15.7. The van der Waals surface area contributed by atoms with Gasteiger partial charge in [0.2, 0.25) is 5.88 Å². The molecule has 3 aromatic rings. The molecule has 0 radical (unpaired) electrons. The number of amides is 1. The highest BCUT2D eigenvalue weighted by Crippen LogP contribution is 2.34. The lowest BCUT2D eigenvalue weighted by Gasteiger charge is -2.30. The van der Waals surface area contributed by atoms with Crippen molar-refractivity contribution in [2.45, 2.75) is 18.9 Å². The van der Waals surface area contributed by atoms with Crippen LogP contribution in [0.5, 0.6) is 5.88 Å². The largest absolute Gasteiger partial charge is 0.474 e. The van der Waals surface area contributed by atoms with Crippen LogP contribution in [-0.2, 0) is 9.47 Å². The molecule has 1 amide bonds. The number of ether oxygens (including phenoxy) is 3. The third-order valence-corrected chi connectivity index (χ3v) is 4.97. The van der Waals surface area contributed by atoms with E-state index in [0.717, 1.165) is 5.56 Å². The molecule has 1 saturated heterocycles. The van der Waals surface area contributed by atoms with Crippen molar-refractivity contribution in [3.8, 4) is 17.1 Å². The van der Waals surface area contributed by atoms with Gasteiger partial charge in [0.1, 0.15) is 24.2 Å². The lowest BCUT2D eigenvalue weighted by Crippen LogP contribution is -2.41. The smallest absolute Gasteiger partial charge is 0.414 e. The van der Waals surface area contributed by atoms with Gasteiger partial charge in [-0.3, -0.25) is 4.90 Å². The summed E-state index contributed by atoms with van der Waals surface area (Å²) in [5.41, 5.74) is 8.37. The fourth-order valence-corrected chi connectivity index (χ4v) is 3.48. The Morgan fingerprint density at radius 3 is 2.97 bits per heavy atom. The average molecular weight is 396 g/mol. The van der Waals surface area contributed by atoms with Gasteiger partial charge in [0.05, 0.1) is 31.6 Å². The standard InChI is InChI=1S/C19H20N6O4/c20-16-11-25-17(22-16)2-1-14(23-25)12-9-15-18(21-10-12)28-8-5-24(15)19(26)29-13-3-6-27-7-4-13/h1-2,9-11,13H,3-8,20H2. The molecule has 10 heteroatoms. The Morgan fingerprint density at radius 2 is 2.10 bits per heavy atom. The van der Waals surface area contributed by atoms with E-state index in [1.54, 1.807) is 21.8 Å². The van der Waals surface area contributed by atoms with Gasteiger partial charge in [0.25, 0.3) is 0 Å². The molecule has 2 aliphatic rings. The molecule has 10 nitrogen and oxygen atoms in total. The van der Waals surface area contributed by atoms with Crippen molar-refractivity contribution < 1.29 is 19.0 Å². The predicted molar refractivity (Wildman–Crippen MR) is 104 cm³/mol. The molecule has 150 valence electrons. The number of hydrogen-bond acceptors (Lipinski definition) is 8. The number of pyridine rings is 1. The van der Waals surface area contributed by atoms with Crippen LogP contribution in [0, 0.1) is 0 Å². The van der Waals surface area contributed by atoms with Crippen molar-refractivity contribution in [3.63, 3.8) is 0 Å². The number of nitrogens with zero attached hydrogens (tertiary/aromatic N) is 5. The van der Waals surface area contributed by atoms with Crippen LogP contribution in [0.25, 0.3) is 16.9 Å². The van der Waals surface area contributed by atoms with Gasteiger partial charge in [-0.15, -0.1) is 0 Å². The molecular weight excluding hydrogens is 376 g/mol. The third-order valence-electron chi connectivity index (χ3n) is 4.97. The average Bonchev–Trinajstić information content (AvgIpc) is 3.12. The van der Waals surface area contributed by atoms with Crippen molar-refractivity contribution in [1.82, 2.24) is 19.6 Å². The summed E-state index contributed by atoms with van der Waals surface area (Å²) in [5.74, 6) is 0.797. The summed E-state index contributed by atoms with van der Waals surface area (Å²) in [6.45, 7) is 1.97. The highest BCUT2D eigenvalue weighted by molar-refractivity contribution is 5.90. The summed E-state index contributed by atoms with van der Waals surface area (Å²) in [5, 5.41) is 4.52. The molecule has 0 saturated carbocycles. The van der Waals surface area contributed by atoms with Crippen molar-refractivity contribution in [1.29, 1.82) is 0 Å². The summed E-state index contributed by atoms with van der Waals surface area (Å²) in [6.07, 6.45) is 4.20. The number of imidazole rings is 1. The molecule has 0 bridgehead atoms. The van der Waals surface area contributed by atoms with Gasteiger partial charge in [-0.2, -0.15) is 5.10 Å². The second kappa shape index (κ2) is 7.21. The molecule has 29 heavy (non-hydrogen) atoms. The Balaban J connectivity index is 1.44. The molecule has 0 spiro atoms. The summed E-state index contributed by atoms with van der Waals surface area (Å²) >= 11 is 0. The number of carbonyl (C=O) groups excluding carboxylic acids is 1. The van der Waals surface area contributed by atoms with E-state index in [1.807, 2.05) is 18.2 Å². The van der Waals surface area contributed by atoms with Gasteiger partial charge >= 0.3 is 6.09 Å². The molecule has 2 N–H and O–H groups in total. The first-order valence-corrected chi connectivity index (χ1v) is 9.48. The van der Waals surface area contributed by atoms with Crippen LogP contribution in [0.4, 0.5) is 16.3 Å². The molecule has 0 aliphatic carbocycles. The van der Waals surface area contributed by atoms with E-state index >= 15 is 0 Å². The van der Waals surface area contributed by atoms with Crippen LogP contribution in [0.3, 0.4) is 0 Å². The lowest BCUT2D eigenvalue weighted by atomic mass is 10.1. The van der Waals surface area contributed by atoms with Crippen molar-refractivity contribution >= 4 is 23.2 Å². The maximum absolute atomic E-state index is 12.8. The lowest BCUT2D eigenvalue weighted by molar-refractivity contribution is 0.00340. The Hall–Kier alpha value is -3.40. The fourth-order valence-electron chi connectivity index (χ4n) is 3.48. The highest BCUT2D eigenvalue weighted by Gasteiger charge is 2.29. The molecule has 2 aliphatic heterocycles. The Bertz CT molecular complexity index is 1060. The minimum atomic E-state index is -0.397. The molecular formula is C19H20N6O4. The Labute approximate surface area is 166 Å². The minimum absolute atomic E-state index is 0.130. The van der Waals surface area contributed by atoms with Crippen LogP contribution >= 0.6 is 0 Å². The maximum atomic E-state index is 12.8. The van der Waals surface area contributed by atoms with Gasteiger partial charge in [0, 0.05) is 24.6 Å². The van der Waals surface area contributed by atoms with E-state index in [0.29, 0.717) is 67.9 Å². The first-order valence-electron chi connectivity index (χ1n) is 9.48. The van der Waals surface area contributed by atoms with Gasteiger partial charge in [-0.1, -0.05) is 0 Å². The number of nitrogen functional groups attached to an aromatic ring is 1. The predicted octanol–water partition coefficient (Wildman–Crippen LogP) is 1.89. The van der Waals surface area contributed by atoms with E-state index in [9.17, 15) is 4.79 Å².